The van der Waals surface area contributed by atoms with Gasteiger partial charge in [0.2, 0.25) is 0 Å². The topological polar surface area (TPSA) is 52.6 Å². The molecule has 0 bridgehead atoms. The Morgan fingerprint density at radius 2 is 1.69 bits per heavy atom. The van der Waals surface area contributed by atoms with E-state index in [-0.39, 0.29) is 23.5 Å². The van der Waals surface area contributed by atoms with Gasteiger partial charge in [-0.2, -0.15) is 0 Å². The summed E-state index contributed by atoms with van der Waals surface area (Å²) in [4.78, 5) is 22.5. The van der Waals surface area contributed by atoms with Gasteiger partial charge in [0.15, 0.2) is 11.6 Å². The summed E-state index contributed by atoms with van der Waals surface area (Å²) in [6.07, 6.45) is 0.983. The van der Waals surface area contributed by atoms with Crippen molar-refractivity contribution >= 4 is 11.9 Å². The highest BCUT2D eigenvalue weighted by Crippen LogP contribution is 2.27. The molecule has 0 aliphatic heterocycles. The quantitative estimate of drug-likeness (QED) is 0.438. The molecule has 0 saturated heterocycles. The van der Waals surface area contributed by atoms with Gasteiger partial charge in [0.1, 0.15) is 12.4 Å². The van der Waals surface area contributed by atoms with Gasteiger partial charge in [0.05, 0.1) is 0 Å². The molecule has 0 aliphatic carbocycles. The average molecular weight is 358 g/mol. The Morgan fingerprint density at radius 3 is 2.23 bits per heavy atom. The van der Waals surface area contributed by atoms with Crippen LogP contribution in [0.25, 0.3) is 11.1 Å². The molecule has 26 heavy (non-hydrogen) atoms. The Bertz CT molecular complexity index is 887. The van der Waals surface area contributed by atoms with E-state index in [2.05, 4.69) is 13.2 Å². The van der Waals surface area contributed by atoms with Gasteiger partial charge in [0, 0.05) is 17.2 Å². The highest BCUT2D eigenvalue weighted by molar-refractivity contribution is 5.88. The third-order valence-electron chi connectivity index (χ3n) is 3.41. The van der Waals surface area contributed by atoms with Crippen molar-refractivity contribution in [2.45, 2.75) is 13.5 Å². The molecule has 134 valence electrons. The lowest BCUT2D eigenvalue weighted by Gasteiger charge is -2.09. The summed E-state index contributed by atoms with van der Waals surface area (Å²) in [5, 5.41) is 0. The zero-order valence-corrected chi connectivity index (χ0v) is 14.1. The van der Waals surface area contributed by atoms with Gasteiger partial charge in [-0.3, -0.25) is 0 Å². The van der Waals surface area contributed by atoms with E-state index >= 15 is 0 Å². The molecule has 0 atom stereocenters. The van der Waals surface area contributed by atoms with Crippen molar-refractivity contribution in [3.8, 4) is 16.9 Å². The first-order chi connectivity index (χ1) is 12.3. The predicted octanol–water partition coefficient (Wildman–Crippen LogP) is 4.34. The fourth-order valence-corrected chi connectivity index (χ4v) is 2.00. The van der Waals surface area contributed by atoms with Gasteiger partial charge >= 0.3 is 11.9 Å². The lowest BCUT2D eigenvalue weighted by Crippen LogP contribution is -2.09. The van der Waals surface area contributed by atoms with E-state index in [1.54, 1.807) is 6.07 Å². The van der Waals surface area contributed by atoms with Crippen LogP contribution in [0.2, 0.25) is 0 Å². The van der Waals surface area contributed by atoms with Crippen LogP contribution in [0.5, 0.6) is 5.75 Å². The number of halogens is 2. The van der Waals surface area contributed by atoms with E-state index in [9.17, 15) is 18.4 Å². The van der Waals surface area contributed by atoms with Crippen molar-refractivity contribution < 1.29 is 27.8 Å². The number of hydrogen-bond acceptors (Lipinski definition) is 4. The highest BCUT2D eigenvalue weighted by Gasteiger charge is 2.13. The molecule has 0 N–H and O–H groups in total. The Hall–Kier alpha value is -3.28. The molecule has 0 aliphatic rings. The van der Waals surface area contributed by atoms with Crippen LogP contribution in [0, 0.1) is 11.6 Å². The largest absolute Gasteiger partial charge is 0.458 e. The van der Waals surface area contributed by atoms with Crippen molar-refractivity contribution in [3.05, 3.63) is 78.4 Å². The molecule has 0 spiro atoms. The Balaban J connectivity index is 2.20. The van der Waals surface area contributed by atoms with Gasteiger partial charge in [0.25, 0.3) is 0 Å². The van der Waals surface area contributed by atoms with Gasteiger partial charge in [-0.15, -0.1) is 0 Å². The molecule has 4 nitrogen and oxygen atoms in total. The summed E-state index contributed by atoms with van der Waals surface area (Å²) in [5.74, 6) is -2.99. The monoisotopic (exact) mass is 358 g/mol. The maximum absolute atomic E-state index is 14.1. The molecule has 0 heterocycles. The zero-order valence-electron chi connectivity index (χ0n) is 14.1. The van der Waals surface area contributed by atoms with E-state index in [4.69, 9.17) is 9.47 Å². The summed E-state index contributed by atoms with van der Waals surface area (Å²) >= 11 is 0. The molecular weight excluding hydrogens is 342 g/mol. The number of benzene rings is 2. The van der Waals surface area contributed by atoms with Crippen molar-refractivity contribution in [3.63, 3.8) is 0 Å². The Labute approximate surface area is 149 Å². The standard InChI is InChI=1S/C20H16F2O4/c1-4-19(23)25-11-15-6-5-13(9-16(15)21)14-7-8-18(17(22)10-14)26-20(24)12(2)3/h4-10H,1-2,11H2,3H3. The minimum Gasteiger partial charge on any atom is -0.458 e. The van der Waals surface area contributed by atoms with Gasteiger partial charge in [-0.1, -0.05) is 31.4 Å². The number of esters is 2. The molecule has 0 amide bonds. The van der Waals surface area contributed by atoms with Crippen LogP contribution in [0.3, 0.4) is 0 Å². The molecule has 6 heteroatoms. The first-order valence-corrected chi connectivity index (χ1v) is 7.57. The molecular formula is C20H16F2O4. The Kier molecular flexibility index (Phi) is 6.01. The minimum absolute atomic E-state index is 0.142. The molecule has 2 aromatic carbocycles. The maximum atomic E-state index is 14.1. The average Bonchev–Trinajstić information content (AvgIpc) is 2.61. The third-order valence-corrected chi connectivity index (χ3v) is 3.41. The van der Waals surface area contributed by atoms with Crippen LogP contribution < -0.4 is 4.74 Å². The first kappa shape index (κ1) is 19.1. The number of ether oxygens (including phenoxy) is 2. The van der Waals surface area contributed by atoms with Gasteiger partial charge < -0.3 is 9.47 Å². The summed E-state index contributed by atoms with van der Waals surface area (Å²) in [6, 6.07) is 8.11. The second kappa shape index (κ2) is 8.20. The minimum atomic E-state index is -0.763. The molecule has 0 radical (unpaired) electrons. The van der Waals surface area contributed by atoms with Crippen LogP contribution in [-0.4, -0.2) is 11.9 Å². The van der Waals surface area contributed by atoms with Crippen molar-refractivity contribution in [1.82, 2.24) is 0 Å². The van der Waals surface area contributed by atoms with Crippen LogP contribution in [0.15, 0.2) is 61.2 Å². The van der Waals surface area contributed by atoms with Crippen LogP contribution in [0.4, 0.5) is 8.78 Å². The van der Waals surface area contributed by atoms with Crippen LogP contribution in [0.1, 0.15) is 12.5 Å². The van der Waals surface area contributed by atoms with E-state index < -0.39 is 23.6 Å². The lowest BCUT2D eigenvalue weighted by atomic mass is 10.0. The van der Waals surface area contributed by atoms with Crippen LogP contribution in [-0.2, 0) is 20.9 Å². The van der Waals surface area contributed by atoms with Crippen molar-refractivity contribution in [1.29, 1.82) is 0 Å². The van der Waals surface area contributed by atoms with Gasteiger partial charge in [-0.25, -0.2) is 18.4 Å². The first-order valence-electron chi connectivity index (χ1n) is 7.57. The molecule has 2 aromatic rings. The normalized spacial score (nSPS) is 10.1. The summed E-state index contributed by atoms with van der Waals surface area (Å²) < 4.78 is 37.9. The molecule has 2 rings (SSSR count). The van der Waals surface area contributed by atoms with E-state index in [1.807, 2.05) is 0 Å². The highest BCUT2D eigenvalue weighted by atomic mass is 19.1. The smallest absolute Gasteiger partial charge is 0.338 e. The van der Waals surface area contributed by atoms with Crippen molar-refractivity contribution in [2.24, 2.45) is 0 Å². The summed E-state index contributed by atoms with van der Waals surface area (Å²) in [7, 11) is 0. The molecule has 0 fully saturated rings. The lowest BCUT2D eigenvalue weighted by molar-refractivity contribution is -0.139. The second-order valence-electron chi connectivity index (χ2n) is 5.43. The number of carbonyl (C=O) groups excluding carboxylic acids is 2. The summed E-state index contributed by atoms with van der Waals surface area (Å²) in [6.45, 7) is 7.89. The van der Waals surface area contributed by atoms with Crippen LogP contribution >= 0.6 is 0 Å². The van der Waals surface area contributed by atoms with Crippen molar-refractivity contribution in [2.75, 3.05) is 0 Å². The number of carbonyl (C=O) groups is 2. The number of hydrogen-bond donors (Lipinski definition) is 0. The summed E-state index contributed by atoms with van der Waals surface area (Å²) in [5.41, 5.74) is 1.13. The maximum Gasteiger partial charge on any atom is 0.338 e. The number of rotatable bonds is 6. The SMILES string of the molecule is C=CC(=O)OCc1ccc(-c2ccc(OC(=O)C(=C)C)c(F)c2)cc1F. The Morgan fingerprint density at radius 1 is 1.08 bits per heavy atom. The fourth-order valence-electron chi connectivity index (χ4n) is 2.00. The van der Waals surface area contributed by atoms with Gasteiger partial charge in [-0.05, 0) is 36.2 Å². The zero-order chi connectivity index (χ0) is 19.3. The van der Waals surface area contributed by atoms with E-state index in [1.165, 1.54) is 31.2 Å². The second-order valence-corrected chi connectivity index (χ2v) is 5.43. The van der Waals surface area contributed by atoms with E-state index in [0.29, 0.717) is 11.1 Å². The molecule has 0 unspecified atom stereocenters. The third kappa shape index (κ3) is 4.63. The fraction of sp³-hybridized carbons (Fsp3) is 0.100. The molecule has 0 saturated carbocycles. The van der Waals surface area contributed by atoms with E-state index in [0.717, 1.165) is 12.1 Å². The molecule has 0 aromatic heterocycles. The predicted molar refractivity (Wildman–Crippen MR) is 92.2 cm³/mol.